The second-order valence-electron chi connectivity index (χ2n) is 0. The van der Waals surface area contributed by atoms with Gasteiger partial charge in [0, 0.05) is 20.4 Å². The van der Waals surface area contributed by atoms with Crippen LogP contribution in [0, 0.1) is 0 Å². The first-order valence-electron chi connectivity index (χ1n) is 0. The number of hydrogen-bond acceptors (Lipinski definition) is 0. The second kappa shape index (κ2) is 212. The van der Waals surface area contributed by atoms with Crippen molar-refractivity contribution < 1.29 is 42.3 Å². The predicted molar refractivity (Wildman–Crippen MR) is 21.7 cm³/mol. The van der Waals surface area contributed by atoms with Crippen molar-refractivity contribution in [1.82, 2.24) is 0 Å². The molecule has 0 spiro atoms. The maximum absolute atomic E-state index is 0. The van der Waals surface area contributed by atoms with Gasteiger partial charge in [-0.15, -0.1) is 12.4 Å². The number of rotatable bonds is 0. The van der Waals surface area contributed by atoms with Crippen LogP contribution in [0.3, 0.4) is 0 Å². The summed E-state index contributed by atoms with van der Waals surface area (Å²) in [6.07, 6.45) is 0. The molecular weight excluding hydrogens is 206 g/mol. The monoisotopic (exact) mass is 214 g/mol. The van der Waals surface area contributed by atoms with Crippen LogP contribution in [0.15, 0.2) is 0 Å². The SMILES string of the molecule is Cl.O.O.O.O.[Pd]. The van der Waals surface area contributed by atoms with Gasteiger partial charge >= 0.3 is 0 Å². The van der Waals surface area contributed by atoms with Crippen LogP contribution in [-0.2, 0) is 20.4 Å². The molecule has 0 aliphatic carbocycles. The summed E-state index contributed by atoms with van der Waals surface area (Å²) in [5, 5.41) is 0. The molecule has 0 aliphatic rings. The molecule has 4 nitrogen and oxygen atoms in total. The third kappa shape index (κ3) is 110. The van der Waals surface area contributed by atoms with E-state index in [2.05, 4.69) is 0 Å². The smallest absolute Gasteiger partial charge is 0 e. The Bertz CT molecular complexity index is 7.51. The summed E-state index contributed by atoms with van der Waals surface area (Å²) in [7, 11) is 0. The molecule has 0 fully saturated rings. The van der Waals surface area contributed by atoms with Crippen molar-refractivity contribution in [3.05, 3.63) is 0 Å². The summed E-state index contributed by atoms with van der Waals surface area (Å²) in [6, 6.07) is 0. The fraction of sp³-hybridized carbons (Fsp3) is 0. The Kier molecular flexibility index (Phi) is 12800. The van der Waals surface area contributed by atoms with Gasteiger partial charge < -0.3 is 21.9 Å². The molecule has 0 amide bonds. The van der Waals surface area contributed by atoms with Crippen LogP contribution in [0.4, 0.5) is 0 Å². The van der Waals surface area contributed by atoms with Crippen molar-refractivity contribution in [1.29, 1.82) is 0 Å². The Hall–Kier alpha value is 0.792. The molecule has 6 heavy (non-hydrogen) atoms. The molecule has 0 atom stereocenters. The molecule has 50 valence electrons. The summed E-state index contributed by atoms with van der Waals surface area (Å²) in [5.41, 5.74) is 0. The number of halogens is 1. The molecule has 0 aromatic heterocycles. The van der Waals surface area contributed by atoms with Gasteiger partial charge in [-0.1, -0.05) is 0 Å². The van der Waals surface area contributed by atoms with Gasteiger partial charge in [0.1, 0.15) is 0 Å². The Morgan fingerprint density at radius 2 is 0.500 bits per heavy atom. The van der Waals surface area contributed by atoms with Crippen molar-refractivity contribution >= 4 is 12.4 Å². The van der Waals surface area contributed by atoms with Gasteiger partial charge in [-0.2, -0.15) is 0 Å². The Labute approximate surface area is 55.2 Å². The fourth-order valence-electron chi connectivity index (χ4n) is 0. The minimum absolute atomic E-state index is 0. The van der Waals surface area contributed by atoms with E-state index in [1.807, 2.05) is 0 Å². The van der Waals surface area contributed by atoms with Crippen molar-refractivity contribution in [2.24, 2.45) is 0 Å². The topological polar surface area (TPSA) is 126 Å². The van der Waals surface area contributed by atoms with Gasteiger partial charge in [-0.25, -0.2) is 0 Å². The molecule has 0 heterocycles. The van der Waals surface area contributed by atoms with Gasteiger partial charge in [0.15, 0.2) is 0 Å². The van der Waals surface area contributed by atoms with E-state index in [0.717, 1.165) is 0 Å². The van der Waals surface area contributed by atoms with E-state index in [4.69, 9.17) is 0 Å². The molecule has 0 bridgehead atoms. The molecule has 0 unspecified atom stereocenters. The first kappa shape index (κ1) is 363. The van der Waals surface area contributed by atoms with E-state index < -0.39 is 0 Å². The Morgan fingerprint density at radius 3 is 0.500 bits per heavy atom. The maximum atomic E-state index is 0. The molecule has 6 heteroatoms. The van der Waals surface area contributed by atoms with E-state index >= 15 is 0 Å². The Balaban J connectivity index is 0. The van der Waals surface area contributed by atoms with Gasteiger partial charge in [-0.3, -0.25) is 0 Å². The first-order chi connectivity index (χ1) is 0. The van der Waals surface area contributed by atoms with Gasteiger partial charge in [0.25, 0.3) is 0 Å². The van der Waals surface area contributed by atoms with E-state index in [1.54, 1.807) is 0 Å². The van der Waals surface area contributed by atoms with E-state index in [0.29, 0.717) is 0 Å². The number of hydrogen-bond donors (Lipinski definition) is 0. The second-order valence-corrected chi connectivity index (χ2v) is 0. The standard InChI is InChI=1S/ClH.4H2O.Pd/h1H;4*1H2;. The van der Waals surface area contributed by atoms with Crippen molar-refractivity contribution in [2.75, 3.05) is 0 Å². The van der Waals surface area contributed by atoms with Crippen LogP contribution >= 0.6 is 12.4 Å². The molecule has 8 N–H and O–H groups in total. The van der Waals surface area contributed by atoms with Crippen LogP contribution in [0.1, 0.15) is 0 Å². The normalized spacial score (nSPS) is 0. The van der Waals surface area contributed by atoms with Gasteiger partial charge in [-0.05, 0) is 0 Å². The van der Waals surface area contributed by atoms with Crippen LogP contribution in [-0.4, -0.2) is 21.9 Å². The summed E-state index contributed by atoms with van der Waals surface area (Å²) in [5.74, 6) is 0. The third-order valence-corrected chi connectivity index (χ3v) is 0. The third-order valence-electron chi connectivity index (χ3n) is 0. The van der Waals surface area contributed by atoms with Gasteiger partial charge in [0.05, 0.1) is 0 Å². The molecule has 0 rings (SSSR count). The zero-order valence-corrected chi connectivity index (χ0v) is 5.10. The fourth-order valence-corrected chi connectivity index (χ4v) is 0. The van der Waals surface area contributed by atoms with E-state index in [-0.39, 0.29) is 54.7 Å². The molecule has 0 saturated heterocycles. The van der Waals surface area contributed by atoms with Crippen LogP contribution in [0.2, 0.25) is 0 Å². The molecule has 0 aliphatic heterocycles. The van der Waals surface area contributed by atoms with Gasteiger partial charge in [0.2, 0.25) is 0 Å². The average Bonchev–Trinajstić information content (AvgIpc) is 0. The quantitative estimate of drug-likeness (QED) is 0.385. The largest absolute Gasteiger partial charge is 0.412 e. The maximum Gasteiger partial charge on any atom is 0 e. The predicted octanol–water partition coefficient (Wildman–Crippen LogP) is -2.88. The van der Waals surface area contributed by atoms with E-state index in [9.17, 15) is 0 Å². The minimum atomic E-state index is 0. The van der Waals surface area contributed by atoms with Crippen molar-refractivity contribution in [3.8, 4) is 0 Å². The summed E-state index contributed by atoms with van der Waals surface area (Å²) >= 11 is 0. The first-order valence-corrected chi connectivity index (χ1v) is 0. The van der Waals surface area contributed by atoms with Crippen LogP contribution in [0.5, 0.6) is 0 Å². The molecule has 0 aromatic carbocycles. The molecular formula is H9ClO4Pd. The zero-order valence-electron chi connectivity index (χ0n) is 2.72. The van der Waals surface area contributed by atoms with Crippen molar-refractivity contribution in [3.63, 3.8) is 0 Å². The summed E-state index contributed by atoms with van der Waals surface area (Å²) < 4.78 is 0. The molecule has 0 aromatic rings. The summed E-state index contributed by atoms with van der Waals surface area (Å²) in [4.78, 5) is 0. The molecule has 0 radical (unpaired) electrons. The van der Waals surface area contributed by atoms with Crippen LogP contribution in [0.25, 0.3) is 0 Å². The molecule has 0 saturated carbocycles. The van der Waals surface area contributed by atoms with Crippen molar-refractivity contribution in [2.45, 2.75) is 0 Å². The minimum Gasteiger partial charge on any atom is -0.412 e. The van der Waals surface area contributed by atoms with E-state index in [1.165, 1.54) is 0 Å². The van der Waals surface area contributed by atoms with Crippen LogP contribution < -0.4 is 0 Å². The Morgan fingerprint density at radius 1 is 0.500 bits per heavy atom. The zero-order chi connectivity index (χ0) is 0. The average molecular weight is 215 g/mol. The summed E-state index contributed by atoms with van der Waals surface area (Å²) in [6.45, 7) is 0.